The van der Waals surface area contributed by atoms with Gasteiger partial charge in [-0.3, -0.25) is 0 Å². The Hall–Kier alpha value is -1.46. The van der Waals surface area contributed by atoms with Crippen molar-refractivity contribution in [1.82, 2.24) is 4.98 Å². The monoisotopic (exact) mass is 306 g/mol. The van der Waals surface area contributed by atoms with Crippen molar-refractivity contribution in [3.63, 3.8) is 0 Å². The summed E-state index contributed by atoms with van der Waals surface area (Å²) in [6.07, 6.45) is 2.49. The van der Waals surface area contributed by atoms with Crippen molar-refractivity contribution in [2.45, 2.75) is 26.2 Å². The zero-order valence-corrected chi connectivity index (χ0v) is 13.3. The van der Waals surface area contributed by atoms with E-state index in [1.165, 1.54) is 16.9 Å². The van der Waals surface area contributed by atoms with Crippen molar-refractivity contribution >= 4 is 28.5 Å². The molecule has 0 amide bonds. The Labute approximate surface area is 128 Å². The second-order valence-electron chi connectivity index (χ2n) is 4.80. The molecule has 0 spiro atoms. The van der Waals surface area contributed by atoms with E-state index in [-0.39, 0.29) is 0 Å². The number of hydrogen-bond acceptors (Lipinski definition) is 4. The number of ether oxygens (including phenoxy) is 1. The number of thiazole rings is 1. The Kier molecular flexibility index (Phi) is 5.09. The fourth-order valence-corrected chi connectivity index (χ4v) is 2.67. The van der Waals surface area contributed by atoms with Crippen LogP contribution >= 0.6 is 23.6 Å². The van der Waals surface area contributed by atoms with Crippen molar-refractivity contribution in [2.24, 2.45) is 5.73 Å². The van der Waals surface area contributed by atoms with Gasteiger partial charge in [0.05, 0.1) is 16.5 Å². The number of rotatable bonds is 6. The number of aromatic nitrogens is 1. The smallest absolute Gasteiger partial charge is 0.119 e. The molecule has 0 bridgehead atoms. The van der Waals surface area contributed by atoms with Crippen LogP contribution in [0.3, 0.4) is 0 Å². The third-order valence-corrected chi connectivity index (χ3v) is 4.37. The average molecular weight is 306 g/mol. The molecule has 0 unspecified atom stereocenters. The normalized spacial score (nSPS) is 10.8. The maximum atomic E-state index is 5.72. The lowest BCUT2D eigenvalue weighted by Gasteiger charge is -2.08. The first-order valence-corrected chi connectivity index (χ1v) is 7.76. The molecule has 0 saturated carbocycles. The van der Waals surface area contributed by atoms with Crippen LogP contribution in [0.1, 0.15) is 35.2 Å². The van der Waals surface area contributed by atoms with Gasteiger partial charge in [0, 0.05) is 12.6 Å². The Balaban J connectivity index is 1.84. The molecule has 0 atom stereocenters. The molecule has 0 aliphatic heterocycles. The second kappa shape index (κ2) is 6.81. The number of hydrogen-bond donors (Lipinski definition) is 1. The van der Waals surface area contributed by atoms with E-state index in [4.69, 9.17) is 22.7 Å². The third kappa shape index (κ3) is 4.02. The Morgan fingerprint density at radius 3 is 2.60 bits per heavy atom. The molecule has 2 rings (SSSR count). The Morgan fingerprint density at radius 1 is 1.35 bits per heavy atom. The highest BCUT2D eigenvalue weighted by Gasteiger charge is 2.05. The lowest BCUT2D eigenvalue weighted by atomic mass is 10.0. The van der Waals surface area contributed by atoms with Crippen molar-refractivity contribution in [1.29, 1.82) is 0 Å². The molecule has 5 heteroatoms. The van der Waals surface area contributed by atoms with E-state index in [1.54, 1.807) is 6.20 Å². The van der Waals surface area contributed by atoms with Crippen molar-refractivity contribution < 1.29 is 4.74 Å². The average Bonchev–Trinajstić information content (AvgIpc) is 2.88. The van der Waals surface area contributed by atoms with Gasteiger partial charge >= 0.3 is 0 Å². The minimum Gasteiger partial charge on any atom is -0.493 e. The Bertz CT molecular complexity index is 576. The van der Waals surface area contributed by atoms with E-state index in [0.29, 0.717) is 17.5 Å². The molecule has 2 aromatic rings. The molecule has 1 heterocycles. The largest absolute Gasteiger partial charge is 0.493 e. The zero-order valence-electron chi connectivity index (χ0n) is 11.6. The zero-order chi connectivity index (χ0) is 14.5. The lowest BCUT2D eigenvalue weighted by Crippen LogP contribution is -2.06. The van der Waals surface area contributed by atoms with Gasteiger partial charge in [0.25, 0.3) is 0 Å². The molecule has 0 radical (unpaired) electrons. The van der Waals surface area contributed by atoms with E-state index in [1.807, 2.05) is 12.1 Å². The lowest BCUT2D eigenvalue weighted by molar-refractivity contribution is 0.321. The van der Waals surface area contributed by atoms with Gasteiger partial charge in [0.15, 0.2) is 0 Å². The van der Waals surface area contributed by atoms with Gasteiger partial charge in [-0.15, -0.1) is 11.3 Å². The van der Waals surface area contributed by atoms with Gasteiger partial charge in [0.1, 0.15) is 10.7 Å². The fraction of sp³-hybridized carbons (Fsp3) is 0.333. The number of benzene rings is 1. The van der Waals surface area contributed by atoms with Crippen LogP contribution < -0.4 is 10.5 Å². The predicted octanol–water partition coefficient (Wildman–Crippen LogP) is 3.52. The first-order chi connectivity index (χ1) is 9.56. The van der Waals surface area contributed by atoms with E-state index in [0.717, 1.165) is 22.1 Å². The van der Waals surface area contributed by atoms with E-state index in [2.05, 4.69) is 31.0 Å². The first kappa shape index (κ1) is 14.9. The summed E-state index contributed by atoms with van der Waals surface area (Å²) in [4.78, 5) is 5.54. The maximum absolute atomic E-state index is 5.72. The highest BCUT2D eigenvalue weighted by atomic mass is 32.1. The summed E-state index contributed by atoms with van der Waals surface area (Å²) < 4.78 is 5.72. The van der Waals surface area contributed by atoms with Gasteiger partial charge in [-0.05, 0) is 23.6 Å². The van der Waals surface area contributed by atoms with Crippen LogP contribution in [0.2, 0.25) is 0 Å². The molecule has 0 aliphatic carbocycles. The van der Waals surface area contributed by atoms with Crippen molar-refractivity contribution in [3.8, 4) is 5.75 Å². The molecule has 0 saturated heterocycles. The molecule has 20 heavy (non-hydrogen) atoms. The molecule has 1 aromatic heterocycles. The van der Waals surface area contributed by atoms with Crippen molar-refractivity contribution in [3.05, 3.63) is 45.9 Å². The summed E-state index contributed by atoms with van der Waals surface area (Å²) >= 11 is 6.44. The highest BCUT2D eigenvalue weighted by Crippen LogP contribution is 2.19. The highest BCUT2D eigenvalue weighted by molar-refractivity contribution is 7.81. The van der Waals surface area contributed by atoms with Gasteiger partial charge in [0.2, 0.25) is 0 Å². The van der Waals surface area contributed by atoms with E-state index < -0.39 is 0 Å². The fourth-order valence-electron chi connectivity index (χ4n) is 1.74. The minimum atomic E-state index is 0.402. The summed E-state index contributed by atoms with van der Waals surface area (Å²) in [6, 6.07) is 8.23. The number of nitrogens with two attached hydrogens (primary N) is 1. The van der Waals surface area contributed by atoms with Gasteiger partial charge in [-0.25, -0.2) is 4.98 Å². The maximum Gasteiger partial charge on any atom is 0.119 e. The first-order valence-electron chi connectivity index (χ1n) is 6.53. The molecule has 0 aliphatic rings. The summed E-state index contributed by atoms with van der Waals surface area (Å²) in [7, 11) is 0. The van der Waals surface area contributed by atoms with Crippen LogP contribution in [-0.4, -0.2) is 16.6 Å². The van der Waals surface area contributed by atoms with E-state index >= 15 is 0 Å². The summed E-state index contributed by atoms with van der Waals surface area (Å²) in [5, 5.41) is 0.992. The van der Waals surface area contributed by atoms with Crippen LogP contribution in [0, 0.1) is 0 Å². The van der Waals surface area contributed by atoms with Gasteiger partial charge in [-0.1, -0.05) is 38.2 Å². The van der Waals surface area contributed by atoms with Crippen LogP contribution in [0.5, 0.6) is 5.75 Å². The molecular formula is C15H18N2OS2. The van der Waals surface area contributed by atoms with E-state index in [9.17, 15) is 0 Å². The molecule has 0 fully saturated rings. The minimum absolute atomic E-state index is 0.402. The molecule has 2 N–H and O–H groups in total. The molecular weight excluding hydrogens is 288 g/mol. The second-order valence-corrected chi connectivity index (χ2v) is 6.36. The third-order valence-electron chi connectivity index (χ3n) is 2.93. The predicted molar refractivity (Wildman–Crippen MR) is 87.7 cm³/mol. The van der Waals surface area contributed by atoms with Crippen LogP contribution in [-0.2, 0) is 6.42 Å². The quantitative estimate of drug-likeness (QED) is 0.830. The summed E-state index contributed by atoms with van der Waals surface area (Å²) in [6.45, 7) is 4.96. The standard InChI is InChI=1S/C15H18N2OS2/c1-10(2)11-3-5-12(6-4-11)18-8-7-14-17-9-13(20-14)15(16)19/h3-6,9-10H,7-8H2,1-2H3,(H2,16,19). The number of thiocarbonyl (C=S) groups is 1. The Morgan fingerprint density at radius 2 is 2.05 bits per heavy atom. The van der Waals surface area contributed by atoms with Crippen LogP contribution in [0.25, 0.3) is 0 Å². The molecule has 3 nitrogen and oxygen atoms in total. The molecule has 106 valence electrons. The van der Waals surface area contributed by atoms with Crippen LogP contribution in [0.15, 0.2) is 30.5 Å². The molecule has 1 aromatic carbocycles. The summed E-state index contributed by atoms with van der Waals surface area (Å²) in [5.41, 5.74) is 6.87. The van der Waals surface area contributed by atoms with Gasteiger partial charge < -0.3 is 10.5 Å². The van der Waals surface area contributed by atoms with Crippen LogP contribution in [0.4, 0.5) is 0 Å². The SMILES string of the molecule is CC(C)c1ccc(OCCc2ncc(C(N)=S)s2)cc1. The topological polar surface area (TPSA) is 48.1 Å². The van der Waals surface area contributed by atoms with Crippen molar-refractivity contribution in [2.75, 3.05) is 6.61 Å². The van der Waals surface area contributed by atoms with Gasteiger partial charge in [-0.2, -0.15) is 0 Å². The summed E-state index contributed by atoms with van der Waals surface area (Å²) in [5.74, 6) is 1.43. The number of nitrogens with zero attached hydrogens (tertiary/aromatic N) is 1.